The Morgan fingerprint density at radius 1 is 0.909 bits per heavy atom. The fourth-order valence-corrected chi connectivity index (χ4v) is 7.36. The summed E-state index contributed by atoms with van der Waals surface area (Å²) in [7, 11) is 0. The first-order valence-corrected chi connectivity index (χ1v) is 16.2. The van der Waals surface area contributed by atoms with Gasteiger partial charge in [0.1, 0.15) is 5.69 Å². The number of amides is 3. The third kappa shape index (κ3) is 5.88. The molecule has 3 aromatic rings. The first-order valence-electron chi connectivity index (χ1n) is 15.8. The van der Waals surface area contributed by atoms with Gasteiger partial charge in [0.15, 0.2) is 0 Å². The number of nitrogens with zero attached hydrogens (tertiary/aromatic N) is 4. The van der Waals surface area contributed by atoms with Crippen LogP contribution in [0.25, 0.3) is 0 Å². The Morgan fingerprint density at radius 2 is 1.55 bits per heavy atom. The minimum atomic E-state index is -0.264. The number of carbonyl (C=O) groups excluding carboxylic acids is 3. The minimum Gasteiger partial charge on any atom is -0.345 e. The van der Waals surface area contributed by atoms with Crippen LogP contribution in [0.1, 0.15) is 107 Å². The molecule has 0 saturated carbocycles. The van der Waals surface area contributed by atoms with E-state index in [1.54, 1.807) is 24.3 Å². The molecule has 3 aliphatic rings. The van der Waals surface area contributed by atoms with Gasteiger partial charge in [0.25, 0.3) is 17.7 Å². The minimum absolute atomic E-state index is 0.0455. The van der Waals surface area contributed by atoms with Crippen molar-refractivity contribution in [1.82, 2.24) is 24.9 Å². The van der Waals surface area contributed by atoms with Gasteiger partial charge in [-0.2, -0.15) is 5.10 Å². The maximum absolute atomic E-state index is 13.6. The first kappa shape index (κ1) is 30.4. The average Bonchev–Trinajstić information content (AvgIpc) is 3.60. The lowest BCUT2D eigenvalue weighted by Crippen LogP contribution is -2.49. The van der Waals surface area contributed by atoms with E-state index in [9.17, 15) is 14.4 Å². The third-order valence-corrected chi connectivity index (χ3v) is 10.1. The van der Waals surface area contributed by atoms with E-state index in [0.717, 1.165) is 62.9 Å². The predicted octanol–water partition coefficient (Wildman–Crippen LogP) is 6.18. The maximum Gasteiger partial charge on any atom is 0.272 e. The highest BCUT2D eigenvalue weighted by Crippen LogP contribution is 2.42. The number of aryl methyl sites for hydroxylation is 2. The van der Waals surface area contributed by atoms with Crippen molar-refractivity contribution in [2.24, 2.45) is 5.41 Å². The Labute approximate surface area is 264 Å². The van der Waals surface area contributed by atoms with Crippen LogP contribution in [0.4, 0.5) is 0 Å². The summed E-state index contributed by atoms with van der Waals surface area (Å²) >= 11 is 6.25. The summed E-state index contributed by atoms with van der Waals surface area (Å²) in [6.07, 6.45) is 5.46. The average molecular weight is 616 g/mol. The van der Waals surface area contributed by atoms with Crippen molar-refractivity contribution in [2.45, 2.75) is 77.8 Å². The van der Waals surface area contributed by atoms with Crippen molar-refractivity contribution in [2.75, 3.05) is 26.2 Å². The van der Waals surface area contributed by atoms with E-state index in [0.29, 0.717) is 34.9 Å². The molecule has 1 aromatic heterocycles. The summed E-state index contributed by atoms with van der Waals surface area (Å²) in [6, 6.07) is 14.7. The van der Waals surface area contributed by atoms with Gasteiger partial charge in [0.2, 0.25) is 0 Å². The molecule has 2 aliphatic heterocycles. The monoisotopic (exact) mass is 615 g/mol. The molecule has 2 fully saturated rings. The standard InChI is InChI=1S/C35H42ClN5O3/c1-23-21-30(41(38-23)34(2,3)4)33(44)40-19-15-35(16-20-40)13-17-39(18-14-35)32(43)25-10-9-24-11-12-29(27(24)22-25)37-31(42)26-7-5-6-8-28(26)36/h5-10,21-22,29H,11-20H2,1-4H3,(H,37,42). The smallest absolute Gasteiger partial charge is 0.272 e. The van der Waals surface area contributed by atoms with Crippen LogP contribution in [-0.2, 0) is 12.0 Å². The SMILES string of the molecule is Cc1cc(C(=O)N2CCC3(CCN(C(=O)c4ccc5c(c4)C(NC(=O)c4ccccc4Cl)CC5)CC3)CC2)n(C(C)(C)C)n1. The number of hydrogen-bond acceptors (Lipinski definition) is 4. The van der Waals surface area contributed by atoms with Gasteiger partial charge in [-0.3, -0.25) is 19.1 Å². The van der Waals surface area contributed by atoms with Crippen LogP contribution in [0.15, 0.2) is 48.5 Å². The fraction of sp³-hybridized carbons (Fsp3) is 0.486. The number of halogens is 1. The molecule has 44 heavy (non-hydrogen) atoms. The molecule has 3 amide bonds. The summed E-state index contributed by atoms with van der Waals surface area (Å²) in [4.78, 5) is 44.0. The molecular formula is C35H42ClN5O3. The van der Waals surface area contributed by atoms with Crippen LogP contribution < -0.4 is 5.32 Å². The number of fused-ring (bicyclic) bond motifs is 1. The first-order chi connectivity index (χ1) is 20.9. The molecule has 8 nitrogen and oxygen atoms in total. The van der Waals surface area contributed by atoms with E-state index < -0.39 is 0 Å². The normalized spacial score (nSPS) is 19.6. The van der Waals surface area contributed by atoms with Crippen molar-refractivity contribution < 1.29 is 14.4 Å². The number of rotatable bonds is 4. The molecule has 6 rings (SSSR count). The van der Waals surface area contributed by atoms with Crippen LogP contribution in [0.5, 0.6) is 0 Å². The van der Waals surface area contributed by atoms with Crippen molar-refractivity contribution in [1.29, 1.82) is 0 Å². The number of nitrogens with one attached hydrogen (secondary N) is 1. The predicted molar refractivity (Wildman–Crippen MR) is 171 cm³/mol. The van der Waals surface area contributed by atoms with Crippen LogP contribution in [0, 0.1) is 12.3 Å². The van der Waals surface area contributed by atoms with Gasteiger partial charge in [-0.05, 0) is 113 Å². The molecule has 1 atom stereocenters. The topological polar surface area (TPSA) is 87.5 Å². The van der Waals surface area contributed by atoms with Gasteiger partial charge in [-0.25, -0.2) is 0 Å². The Balaban J connectivity index is 1.06. The zero-order valence-electron chi connectivity index (χ0n) is 26.2. The van der Waals surface area contributed by atoms with Crippen molar-refractivity contribution >= 4 is 29.3 Å². The number of hydrogen-bond donors (Lipinski definition) is 1. The van der Waals surface area contributed by atoms with Gasteiger partial charge >= 0.3 is 0 Å². The Kier molecular flexibility index (Phi) is 8.07. The molecule has 2 aromatic carbocycles. The molecular weight excluding hydrogens is 574 g/mol. The van der Waals surface area contributed by atoms with E-state index in [2.05, 4.69) is 31.2 Å². The summed E-state index contributed by atoms with van der Waals surface area (Å²) < 4.78 is 1.85. The van der Waals surface area contributed by atoms with E-state index in [4.69, 9.17) is 11.6 Å². The maximum atomic E-state index is 13.6. The molecule has 1 aliphatic carbocycles. The molecule has 2 saturated heterocycles. The molecule has 0 radical (unpaired) electrons. The molecule has 1 unspecified atom stereocenters. The summed E-state index contributed by atoms with van der Waals surface area (Å²) in [5, 5.41) is 8.15. The molecule has 9 heteroatoms. The third-order valence-electron chi connectivity index (χ3n) is 9.80. The van der Waals surface area contributed by atoms with Crippen LogP contribution >= 0.6 is 11.6 Å². The zero-order chi connectivity index (χ0) is 31.2. The quantitative estimate of drug-likeness (QED) is 0.380. The summed E-state index contributed by atoms with van der Waals surface area (Å²) in [5.74, 6) is -0.0979. The lowest BCUT2D eigenvalue weighted by molar-refractivity contribution is 0.0273. The van der Waals surface area contributed by atoms with Crippen LogP contribution in [-0.4, -0.2) is 63.5 Å². The second-order valence-electron chi connectivity index (χ2n) is 13.8. The number of aromatic nitrogens is 2. The van der Waals surface area contributed by atoms with Crippen molar-refractivity contribution in [3.8, 4) is 0 Å². The molecule has 3 heterocycles. The van der Waals surface area contributed by atoms with E-state index in [1.807, 2.05) is 45.7 Å². The molecule has 232 valence electrons. The highest BCUT2D eigenvalue weighted by Gasteiger charge is 2.40. The second-order valence-corrected chi connectivity index (χ2v) is 14.2. The molecule has 1 spiro atoms. The second kappa shape index (κ2) is 11.7. The van der Waals surface area contributed by atoms with E-state index >= 15 is 0 Å². The fourth-order valence-electron chi connectivity index (χ4n) is 7.14. The van der Waals surface area contributed by atoms with Gasteiger partial charge in [-0.15, -0.1) is 0 Å². The van der Waals surface area contributed by atoms with Crippen molar-refractivity contribution in [3.63, 3.8) is 0 Å². The van der Waals surface area contributed by atoms with E-state index in [-0.39, 0.29) is 34.7 Å². The Hall–Kier alpha value is -3.65. The van der Waals surface area contributed by atoms with Gasteiger partial charge in [0, 0.05) is 31.7 Å². The van der Waals surface area contributed by atoms with Gasteiger partial charge < -0.3 is 15.1 Å². The lowest BCUT2D eigenvalue weighted by Gasteiger charge is -2.47. The van der Waals surface area contributed by atoms with Gasteiger partial charge in [0.05, 0.1) is 27.9 Å². The number of benzene rings is 2. The van der Waals surface area contributed by atoms with Crippen LogP contribution in [0.2, 0.25) is 5.02 Å². The Morgan fingerprint density at radius 3 is 2.18 bits per heavy atom. The Bertz CT molecular complexity index is 1590. The van der Waals surface area contributed by atoms with Gasteiger partial charge in [-0.1, -0.05) is 29.8 Å². The molecule has 1 N–H and O–H groups in total. The number of piperidine rings is 2. The summed E-state index contributed by atoms with van der Waals surface area (Å²) in [5.41, 5.74) is 4.74. The lowest BCUT2D eigenvalue weighted by atomic mass is 9.71. The zero-order valence-corrected chi connectivity index (χ0v) is 26.9. The van der Waals surface area contributed by atoms with Crippen molar-refractivity contribution in [3.05, 3.63) is 87.2 Å². The number of likely N-dealkylation sites (tertiary alicyclic amines) is 2. The largest absolute Gasteiger partial charge is 0.345 e. The van der Waals surface area contributed by atoms with Crippen LogP contribution in [0.3, 0.4) is 0 Å². The summed E-state index contributed by atoms with van der Waals surface area (Å²) in [6.45, 7) is 11.0. The highest BCUT2D eigenvalue weighted by molar-refractivity contribution is 6.33. The molecule has 0 bridgehead atoms. The number of carbonyl (C=O) groups is 3. The van der Waals surface area contributed by atoms with E-state index in [1.165, 1.54) is 5.56 Å². The highest BCUT2D eigenvalue weighted by atomic mass is 35.5.